The number of thiocarbonyl (C=S) groups is 1. The van der Waals surface area contributed by atoms with Crippen LogP contribution in [-0.4, -0.2) is 40.6 Å². The minimum absolute atomic E-state index is 0.195. The summed E-state index contributed by atoms with van der Waals surface area (Å²) >= 11 is 5.27. The van der Waals surface area contributed by atoms with Crippen LogP contribution in [0.15, 0.2) is 36.4 Å². The zero-order chi connectivity index (χ0) is 19.7. The van der Waals surface area contributed by atoms with Gasteiger partial charge in [0.05, 0.1) is 18.8 Å². The predicted octanol–water partition coefficient (Wildman–Crippen LogP) is 4.03. The van der Waals surface area contributed by atoms with Crippen molar-refractivity contribution in [2.24, 2.45) is 0 Å². The van der Waals surface area contributed by atoms with E-state index < -0.39 is 12.1 Å². The predicted molar refractivity (Wildman–Crippen MR) is 119 cm³/mol. The Labute approximate surface area is 170 Å². The van der Waals surface area contributed by atoms with Crippen molar-refractivity contribution in [1.29, 1.82) is 0 Å². The average Bonchev–Trinajstić information content (AvgIpc) is 2.69. The minimum Gasteiger partial charge on any atom is -0.394 e. The Morgan fingerprint density at radius 2 is 1.67 bits per heavy atom. The highest BCUT2D eigenvalue weighted by molar-refractivity contribution is 7.80. The lowest BCUT2D eigenvalue weighted by molar-refractivity contribution is 0.134. The van der Waals surface area contributed by atoms with Crippen molar-refractivity contribution in [1.82, 2.24) is 10.6 Å². The number of unbranched alkanes of at least 4 members (excludes halogenated alkanes) is 7. The molecule has 2 atom stereocenters. The van der Waals surface area contributed by atoms with Crippen molar-refractivity contribution in [2.75, 3.05) is 13.2 Å². The van der Waals surface area contributed by atoms with Crippen LogP contribution in [0.25, 0.3) is 6.08 Å². The van der Waals surface area contributed by atoms with E-state index in [1.165, 1.54) is 44.9 Å². The van der Waals surface area contributed by atoms with Gasteiger partial charge in [0.25, 0.3) is 0 Å². The molecule has 0 saturated carbocycles. The van der Waals surface area contributed by atoms with Crippen molar-refractivity contribution in [2.45, 2.75) is 70.4 Å². The number of hydrogen-bond acceptors (Lipinski definition) is 3. The fourth-order valence-electron chi connectivity index (χ4n) is 2.83. The first-order chi connectivity index (χ1) is 13.2. The van der Waals surface area contributed by atoms with Crippen LogP contribution in [-0.2, 0) is 0 Å². The molecule has 4 N–H and O–H groups in total. The van der Waals surface area contributed by atoms with Crippen LogP contribution in [0.3, 0.4) is 0 Å². The van der Waals surface area contributed by atoms with Gasteiger partial charge in [-0.15, -0.1) is 0 Å². The number of benzene rings is 1. The van der Waals surface area contributed by atoms with E-state index in [2.05, 4.69) is 17.6 Å². The van der Waals surface area contributed by atoms with Crippen LogP contribution in [0.2, 0.25) is 0 Å². The first-order valence-electron chi connectivity index (χ1n) is 10.2. The molecule has 0 aromatic heterocycles. The van der Waals surface area contributed by atoms with Gasteiger partial charge in [0.2, 0.25) is 0 Å². The van der Waals surface area contributed by atoms with Gasteiger partial charge in [0.15, 0.2) is 5.11 Å². The first kappa shape index (κ1) is 23.6. The summed E-state index contributed by atoms with van der Waals surface area (Å²) in [5, 5.41) is 26.4. The third-order valence-corrected chi connectivity index (χ3v) is 4.79. The highest BCUT2D eigenvalue weighted by atomic mass is 32.1. The van der Waals surface area contributed by atoms with Gasteiger partial charge in [-0.25, -0.2) is 0 Å². The van der Waals surface area contributed by atoms with Crippen LogP contribution >= 0.6 is 12.2 Å². The number of rotatable bonds is 14. The maximum absolute atomic E-state index is 10.3. The summed E-state index contributed by atoms with van der Waals surface area (Å²) in [6.07, 6.45) is 12.9. The second kappa shape index (κ2) is 15.6. The smallest absolute Gasteiger partial charge is 0.166 e. The van der Waals surface area contributed by atoms with Gasteiger partial charge < -0.3 is 20.8 Å². The van der Waals surface area contributed by atoms with Crippen molar-refractivity contribution >= 4 is 23.4 Å². The lowest BCUT2D eigenvalue weighted by atomic mass is 10.1. The summed E-state index contributed by atoms with van der Waals surface area (Å²) in [6.45, 7) is 2.86. The molecule has 4 nitrogen and oxygen atoms in total. The third kappa shape index (κ3) is 11.8. The van der Waals surface area contributed by atoms with E-state index in [0.29, 0.717) is 5.11 Å². The molecule has 0 bridgehead atoms. The lowest BCUT2D eigenvalue weighted by Gasteiger charge is -2.22. The highest BCUT2D eigenvalue weighted by Crippen LogP contribution is 2.08. The second-order valence-electron chi connectivity index (χ2n) is 6.92. The van der Waals surface area contributed by atoms with Gasteiger partial charge in [0, 0.05) is 6.54 Å². The van der Waals surface area contributed by atoms with Gasteiger partial charge in [-0.2, -0.15) is 0 Å². The Hall–Kier alpha value is -1.43. The molecule has 1 aromatic rings. The Bertz CT molecular complexity index is 522. The summed E-state index contributed by atoms with van der Waals surface area (Å²) in [6, 6.07) is 9.23. The molecule has 27 heavy (non-hydrogen) atoms. The van der Waals surface area contributed by atoms with Crippen molar-refractivity contribution in [3.63, 3.8) is 0 Å². The van der Waals surface area contributed by atoms with Gasteiger partial charge in [0.1, 0.15) is 0 Å². The normalized spacial score (nSPS) is 13.4. The molecule has 5 heteroatoms. The van der Waals surface area contributed by atoms with Crippen molar-refractivity contribution < 1.29 is 10.2 Å². The van der Waals surface area contributed by atoms with E-state index in [9.17, 15) is 10.2 Å². The van der Waals surface area contributed by atoms with Gasteiger partial charge in [-0.3, -0.25) is 0 Å². The van der Waals surface area contributed by atoms with E-state index in [1.807, 2.05) is 36.4 Å². The minimum atomic E-state index is -0.821. The van der Waals surface area contributed by atoms with E-state index in [-0.39, 0.29) is 6.61 Å². The molecular weight excluding hydrogens is 356 g/mol. The van der Waals surface area contributed by atoms with Gasteiger partial charge >= 0.3 is 0 Å². The summed E-state index contributed by atoms with van der Waals surface area (Å²) in [7, 11) is 0. The molecule has 1 rings (SSSR count). The number of nitrogens with one attached hydrogen (secondary N) is 2. The molecule has 0 amide bonds. The lowest BCUT2D eigenvalue weighted by Crippen LogP contribution is -2.49. The van der Waals surface area contributed by atoms with E-state index in [0.717, 1.165) is 18.5 Å². The van der Waals surface area contributed by atoms with Crippen LogP contribution in [0.4, 0.5) is 0 Å². The zero-order valence-corrected chi connectivity index (χ0v) is 17.4. The van der Waals surface area contributed by atoms with E-state index in [4.69, 9.17) is 12.2 Å². The Balaban J connectivity index is 2.18. The average molecular weight is 393 g/mol. The topological polar surface area (TPSA) is 64.5 Å². The Kier molecular flexibility index (Phi) is 13.7. The Morgan fingerprint density at radius 1 is 1.04 bits per heavy atom. The summed E-state index contributed by atoms with van der Waals surface area (Å²) in [4.78, 5) is 0. The fraction of sp³-hybridized carbons (Fsp3) is 0.591. The molecule has 0 spiro atoms. The number of aliphatic hydroxyl groups excluding tert-OH is 2. The fourth-order valence-corrected chi connectivity index (χ4v) is 3.08. The van der Waals surface area contributed by atoms with E-state index >= 15 is 0 Å². The summed E-state index contributed by atoms with van der Waals surface area (Å²) in [5.41, 5.74) is 1.00. The standard InChI is InChI=1S/C22H36N2O2S/c1-2-3-4-5-6-7-8-12-17-23-22(27)24-20(18-25)21(26)16-15-19-13-10-9-11-14-19/h9-11,13-16,20-21,25-26H,2-8,12,17-18H2,1H3,(H2,23,24,27). The van der Waals surface area contributed by atoms with E-state index in [1.54, 1.807) is 6.08 Å². The van der Waals surface area contributed by atoms with Crippen LogP contribution in [0.5, 0.6) is 0 Å². The van der Waals surface area contributed by atoms with Crippen LogP contribution in [0.1, 0.15) is 63.9 Å². The monoisotopic (exact) mass is 392 g/mol. The van der Waals surface area contributed by atoms with Crippen LogP contribution < -0.4 is 10.6 Å². The molecular formula is C22H36N2O2S. The molecule has 0 aliphatic rings. The molecule has 0 aliphatic heterocycles. The summed E-state index contributed by atoms with van der Waals surface area (Å²) < 4.78 is 0. The van der Waals surface area contributed by atoms with Crippen molar-refractivity contribution in [3.05, 3.63) is 42.0 Å². The van der Waals surface area contributed by atoms with Gasteiger partial charge in [-0.05, 0) is 24.2 Å². The highest BCUT2D eigenvalue weighted by Gasteiger charge is 2.16. The molecule has 152 valence electrons. The second-order valence-corrected chi connectivity index (χ2v) is 7.33. The summed E-state index contributed by atoms with van der Waals surface area (Å²) in [5.74, 6) is 0. The molecule has 2 unspecified atom stereocenters. The number of aliphatic hydroxyl groups is 2. The molecule has 0 saturated heterocycles. The molecule has 0 heterocycles. The van der Waals surface area contributed by atoms with Gasteiger partial charge in [-0.1, -0.05) is 94.4 Å². The third-order valence-electron chi connectivity index (χ3n) is 4.53. The Morgan fingerprint density at radius 3 is 2.30 bits per heavy atom. The molecule has 0 aliphatic carbocycles. The molecule has 0 radical (unpaired) electrons. The largest absolute Gasteiger partial charge is 0.394 e. The number of hydrogen-bond donors (Lipinski definition) is 4. The quantitative estimate of drug-likeness (QED) is 0.284. The zero-order valence-electron chi connectivity index (χ0n) is 16.6. The van der Waals surface area contributed by atoms with Crippen LogP contribution in [0, 0.1) is 0 Å². The van der Waals surface area contributed by atoms with Crippen molar-refractivity contribution in [3.8, 4) is 0 Å². The first-order valence-corrected chi connectivity index (χ1v) is 10.6. The maximum Gasteiger partial charge on any atom is 0.166 e. The molecule has 1 aromatic carbocycles. The maximum atomic E-state index is 10.3. The SMILES string of the molecule is CCCCCCCCCCNC(=S)NC(CO)C(O)C=Cc1ccccc1. The molecule has 0 fully saturated rings.